The van der Waals surface area contributed by atoms with Gasteiger partial charge in [-0.2, -0.15) is 0 Å². The predicted molar refractivity (Wildman–Crippen MR) is 97.9 cm³/mol. The van der Waals surface area contributed by atoms with Gasteiger partial charge < -0.3 is 10.6 Å². The lowest BCUT2D eigenvalue weighted by Crippen LogP contribution is -2.38. The van der Waals surface area contributed by atoms with Crippen LogP contribution >= 0.6 is 35.3 Å². The molecule has 0 atom stereocenters. The number of primary sulfonamides is 1. The van der Waals surface area contributed by atoms with Gasteiger partial charge in [0.05, 0.1) is 17.3 Å². The third-order valence-electron chi connectivity index (χ3n) is 2.29. The molecule has 1 aromatic rings. The number of halogens is 1. The summed E-state index contributed by atoms with van der Waals surface area (Å²) in [6.45, 7) is 5.50. The van der Waals surface area contributed by atoms with Gasteiger partial charge in [-0.15, -0.1) is 35.3 Å². The summed E-state index contributed by atoms with van der Waals surface area (Å²) in [5.74, 6) is 0.430. The molecule has 1 rings (SSSR count). The van der Waals surface area contributed by atoms with Crippen LogP contribution in [0.4, 0.5) is 0 Å². The molecule has 0 unspecified atom stereocenters. The molecule has 1 aromatic heterocycles. The molecule has 0 radical (unpaired) electrons. The number of hydrogen-bond acceptors (Lipinski definition) is 5. The molecule has 0 aliphatic rings. The van der Waals surface area contributed by atoms with E-state index in [4.69, 9.17) is 5.14 Å². The van der Waals surface area contributed by atoms with Crippen LogP contribution in [-0.2, 0) is 16.4 Å². The zero-order chi connectivity index (χ0) is 15.0. The number of nitrogens with one attached hydrogen (secondary N) is 2. The topological polar surface area (TPSA) is 109 Å². The summed E-state index contributed by atoms with van der Waals surface area (Å²) < 4.78 is 21.7. The summed E-state index contributed by atoms with van der Waals surface area (Å²) in [6, 6.07) is 0. The Hall–Kier alpha value is -0.460. The monoisotopic (exact) mass is 447 g/mol. The van der Waals surface area contributed by atoms with E-state index in [-0.39, 0.29) is 36.3 Å². The molecule has 1 heterocycles. The van der Waals surface area contributed by atoms with Gasteiger partial charge in [0, 0.05) is 30.6 Å². The van der Waals surface area contributed by atoms with E-state index < -0.39 is 10.0 Å². The Labute approximate surface area is 146 Å². The van der Waals surface area contributed by atoms with Crippen LogP contribution in [0.2, 0.25) is 0 Å². The highest BCUT2D eigenvalue weighted by molar-refractivity contribution is 14.0. The van der Waals surface area contributed by atoms with E-state index >= 15 is 0 Å². The van der Waals surface area contributed by atoms with Crippen molar-refractivity contribution >= 4 is 51.3 Å². The number of thiazole rings is 1. The zero-order valence-corrected chi connectivity index (χ0v) is 16.1. The second kappa shape index (κ2) is 10.3. The third-order valence-corrected chi connectivity index (χ3v) is 4.01. The smallest absolute Gasteiger partial charge is 0.210 e. The summed E-state index contributed by atoms with van der Waals surface area (Å²) in [4.78, 5) is 9.62. The maximum Gasteiger partial charge on any atom is 0.210 e. The Morgan fingerprint density at radius 1 is 1.48 bits per heavy atom. The number of guanidine groups is 1. The minimum atomic E-state index is -3.47. The number of aromatic nitrogens is 1. The molecular weight excluding hydrogens is 425 g/mol. The molecule has 0 aromatic carbocycles. The number of rotatable bonds is 7. The van der Waals surface area contributed by atoms with Crippen molar-refractivity contribution in [2.24, 2.45) is 10.1 Å². The van der Waals surface area contributed by atoms with Crippen molar-refractivity contribution in [2.45, 2.75) is 20.3 Å². The minimum Gasteiger partial charge on any atom is -0.357 e. The first kappa shape index (κ1) is 20.5. The van der Waals surface area contributed by atoms with Crippen LogP contribution in [0.3, 0.4) is 0 Å². The van der Waals surface area contributed by atoms with Crippen LogP contribution in [0.1, 0.15) is 16.8 Å². The summed E-state index contributed by atoms with van der Waals surface area (Å²) in [6.07, 6.45) is 2.66. The molecule has 7 nitrogen and oxygen atoms in total. The van der Waals surface area contributed by atoms with Crippen LogP contribution < -0.4 is 15.8 Å². The van der Waals surface area contributed by atoms with E-state index in [9.17, 15) is 8.42 Å². The van der Waals surface area contributed by atoms with E-state index in [0.717, 1.165) is 11.4 Å². The number of sulfonamides is 1. The van der Waals surface area contributed by atoms with E-state index in [1.807, 2.05) is 20.0 Å². The lowest BCUT2D eigenvalue weighted by Gasteiger charge is -2.10. The number of nitrogens with zero attached hydrogens (tertiary/aromatic N) is 2. The summed E-state index contributed by atoms with van der Waals surface area (Å²) >= 11 is 1.67. The van der Waals surface area contributed by atoms with Crippen LogP contribution in [0.25, 0.3) is 0 Å². The van der Waals surface area contributed by atoms with Gasteiger partial charge in [-0.3, -0.25) is 4.99 Å². The Morgan fingerprint density at radius 3 is 2.71 bits per heavy atom. The molecule has 122 valence electrons. The normalized spacial score (nSPS) is 11.9. The van der Waals surface area contributed by atoms with Crippen molar-refractivity contribution in [3.63, 3.8) is 0 Å². The van der Waals surface area contributed by atoms with Crippen molar-refractivity contribution in [1.29, 1.82) is 0 Å². The van der Waals surface area contributed by atoms with Gasteiger partial charge in [0.2, 0.25) is 10.0 Å². The molecule has 4 N–H and O–H groups in total. The Kier molecular flexibility index (Phi) is 10.1. The predicted octanol–water partition coefficient (Wildman–Crippen LogP) is 0.456. The maximum absolute atomic E-state index is 10.8. The van der Waals surface area contributed by atoms with Gasteiger partial charge >= 0.3 is 0 Å². The first-order chi connectivity index (χ1) is 9.40. The molecular formula is C11H22IN5O2S2. The van der Waals surface area contributed by atoms with Crippen LogP contribution in [-0.4, -0.2) is 44.7 Å². The molecule has 0 amide bonds. The van der Waals surface area contributed by atoms with Gasteiger partial charge in [0.25, 0.3) is 0 Å². The molecule has 0 bridgehead atoms. The molecule has 0 aliphatic heterocycles. The highest BCUT2D eigenvalue weighted by Gasteiger charge is 2.03. The summed E-state index contributed by atoms with van der Waals surface area (Å²) in [5, 5.41) is 12.2. The highest BCUT2D eigenvalue weighted by Crippen LogP contribution is 2.10. The molecule has 10 heteroatoms. The quantitative estimate of drug-likeness (QED) is 0.320. The Morgan fingerprint density at radius 2 is 2.19 bits per heavy atom. The van der Waals surface area contributed by atoms with Crippen LogP contribution in [0.15, 0.2) is 11.2 Å². The molecule has 0 aliphatic carbocycles. The van der Waals surface area contributed by atoms with Crippen LogP contribution in [0.5, 0.6) is 0 Å². The average molecular weight is 447 g/mol. The first-order valence-corrected chi connectivity index (χ1v) is 8.88. The third kappa shape index (κ3) is 9.98. The van der Waals surface area contributed by atoms with E-state index in [0.29, 0.717) is 19.0 Å². The standard InChI is InChI=1S/C11H21N5O2S2.HI/c1-3-13-11(15-6-7-20(12,17)18)14-5-4-10-16-8-9(2)19-10;/h8H,3-7H2,1-2H3,(H2,12,17,18)(H2,13,14,15);1H. The Bertz CT molecular complexity index is 545. The largest absolute Gasteiger partial charge is 0.357 e. The van der Waals surface area contributed by atoms with Crippen molar-refractivity contribution in [1.82, 2.24) is 15.6 Å². The van der Waals surface area contributed by atoms with Gasteiger partial charge in [0.1, 0.15) is 0 Å². The zero-order valence-electron chi connectivity index (χ0n) is 12.1. The molecule has 0 fully saturated rings. The van der Waals surface area contributed by atoms with E-state index in [1.165, 1.54) is 4.88 Å². The first-order valence-electron chi connectivity index (χ1n) is 6.34. The highest BCUT2D eigenvalue weighted by atomic mass is 127. The molecule has 0 spiro atoms. The van der Waals surface area contributed by atoms with Crippen molar-refractivity contribution < 1.29 is 8.42 Å². The fourth-order valence-corrected chi connectivity index (χ4v) is 2.56. The molecule has 0 saturated carbocycles. The SMILES string of the molecule is CCNC(=NCCS(N)(=O)=O)NCCc1ncc(C)s1.I. The minimum absolute atomic E-state index is 0. The van der Waals surface area contributed by atoms with E-state index in [1.54, 1.807) is 11.3 Å². The van der Waals surface area contributed by atoms with Gasteiger partial charge in [0.15, 0.2) is 5.96 Å². The second-order valence-corrected chi connectivity index (χ2v) is 7.22. The number of aryl methyl sites for hydroxylation is 1. The van der Waals surface area contributed by atoms with Crippen molar-refractivity contribution in [3.05, 3.63) is 16.1 Å². The maximum atomic E-state index is 10.8. The second-order valence-electron chi connectivity index (χ2n) is 4.17. The average Bonchev–Trinajstić information content (AvgIpc) is 2.73. The summed E-state index contributed by atoms with van der Waals surface area (Å²) in [7, 11) is -3.47. The fraction of sp³-hybridized carbons (Fsp3) is 0.636. The fourth-order valence-electron chi connectivity index (χ4n) is 1.43. The molecule has 21 heavy (non-hydrogen) atoms. The van der Waals surface area contributed by atoms with Gasteiger partial charge in [-0.1, -0.05) is 0 Å². The van der Waals surface area contributed by atoms with Gasteiger partial charge in [-0.05, 0) is 13.8 Å². The molecule has 0 saturated heterocycles. The van der Waals surface area contributed by atoms with Gasteiger partial charge in [-0.25, -0.2) is 18.5 Å². The van der Waals surface area contributed by atoms with Crippen molar-refractivity contribution in [3.8, 4) is 0 Å². The lowest BCUT2D eigenvalue weighted by atomic mass is 10.4. The van der Waals surface area contributed by atoms with E-state index in [2.05, 4.69) is 20.6 Å². The Balaban J connectivity index is 0.00000400. The number of hydrogen-bond donors (Lipinski definition) is 3. The summed E-state index contributed by atoms with van der Waals surface area (Å²) in [5.41, 5.74) is 0. The lowest BCUT2D eigenvalue weighted by molar-refractivity contribution is 0.597. The van der Waals surface area contributed by atoms with Crippen molar-refractivity contribution in [2.75, 3.05) is 25.4 Å². The number of nitrogens with two attached hydrogens (primary N) is 1. The number of aliphatic imine (C=N–C) groups is 1. The van der Waals surface area contributed by atoms with Crippen LogP contribution in [0, 0.1) is 6.92 Å².